The summed E-state index contributed by atoms with van der Waals surface area (Å²) in [7, 11) is 1.82. The first-order valence-corrected chi connectivity index (χ1v) is 11.0. The first kappa shape index (κ1) is 24.0. The second kappa shape index (κ2) is 12.4. The number of piperidine rings is 1. The van der Waals surface area contributed by atoms with Gasteiger partial charge < -0.3 is 24.1 Å². The SMILES string of the molecule is CN=C(NCc1ncc(-c2ccccc2)o1)N1CCC(OCC2CCCCO2)CC1.I. The van der Waals surface area contributed by atoms with Crippen LogP contribution in [0.5, 0.6) is 0 Å². The molecule has 2 fully saturated rings. The van der Waals surface area contributed by atoms with Gasteiger partial charge in [0.05, 0.1) is 31.6 Å². The summed E-state index contributed by atoms with van der Waals surface area (Å²) in [6.07, 6.45) is 7.94. The Labute approximate surface area is 201 Å². The van der Waals surface area contributed by atoms with Crippen LogP contribution in [0.15, 0.2) is 45.9 Å². The van der Waals surface area contributed by atoms with E-state index in [1.54, 1.807) is 6.20 Å². The van der Waals surface area contributed by atoms with Crippen LogP contribution in [0, 0.1) is 0 Å². The van der Waals surface area contributed by atoms with Crippen molar-refractivity contribution < 1.29 is 13.9 Å². The summed E-state index contributed by atoms with van der Waals surface area (Å²) in [5, 5.41) is 3.38. The lowest BCUT2D eigenvalue weighted by Crippen LogP contribution is -2.47. The van der Waals surface area contributed by atoms with Crippen LogP contribution in [0.2, 0.25) is 0 Å². The van der Waals surface area contributed by atoms with Crippen LogP contribution < -0.4 is 5.32 Å². The van der Waals surface area contributed by atoms with Crippen LogP contribution in [-0.4, -0.2) is 61.4 Å². The summed E-state index contributed by atoms with van der Waals surface area (Å²) < 4.78 is 17.8. The van der Waals surface area contributed by atoms with E-state index in [4.69, 9.17) is 13.9 Å². The average Bonchev–Trinajstić information content (AvgIpc) is 3.29. The molecular formula is C23H33IN4O3. The normalized spacial score (nSPS) is 20.4. The number of benzene rings is 1. The molecule has 4 rings (SSSR count). The number of halogens is 1. The number of rotatable bonds is 6. The quantitative estimate of drug-likeness (QED) is 0.338. The molecular weight excluding hydrogens is 507 g/mol. The Morgan fingerprint density at radius 1 is 1.19 bits per heavy atom. The number of oxazole rings is 1. The predicted molar refractivity (Wildman–Crippen MR) is 132 cm³/mol. The molecule has 2 aromatic rings. The fraction of sp³-hybridized carbons (Fsp3) is 0.565. The Kier molecular flexibility index (Phi) is 9.60. The molecule has 1 unspecified atom stereocenters. The lowest BCUT2D eigenvalue weighted by Gasteiger charge is -2.34. The lowest BCUT2D eigenvalue weighted by molar-refractivity contribution is -0.0721. The maximum absolute atomic E-state index is 6.12. The summed E-state index contributed by atoms with van der Waals surface area (Å²) in [6, 6.07) is 10.0. The van der Waals surface area contributed by atoms with Gasteiger partial charge in [-0.15, -0.1) is 24.0 Å². The third-order valence-electron chi connectivity index (χ3n) is 5.75. The molecule has 2 aliphatic heterocycles. The van der Waals surface area contributed by atoms with E-state index in [9.17, 15) is 0 Å². The van der Waals surface area contributed by atoms with Crippen molar-refractivity contribution in [3.63, 3.8) is 0 Å². The summed E-state index contributed by atoms with van der Waals surface area (Å²) in [6.45, 7) is 3.97. The second-order valence-electron chi connectivity index (χ2n) is 7.89. The van der Waals surface area contributed by atoms with Gasteiger partial charge in [0.1, 0.15) is 0 Å². The summed E-state index contributed by atoms with van der Waals surface area (Å²) in [4.78, 5) is 11.1. The Bertz CT molecular complexity index is 800. The van der Waals surface area contributed by atoms with Crippen LogP contribution >= 0.6 is 24.0 Å². The monoisotopic (exact) mass is 540 g/mol. The van der Waals surface area contributed by atoms with Crippen molar-refractivity contribution >= 4 is 29.9 Å². The smallest absolute Gasteiger partial charge is 0.214 e. The molecule has 1 aromatic heterocycles. The first-order chi connectivity index (χ1) is 14.8. The summed E-state index contributed by atoms with van der Waals surface area (Å²) in [5.74, 6) is 2.31. The van der Waals surface area contributed by atoms with Crippen LogP contribution in [0.25, 0.3) is 11.3 Å². The minimum Gasteiger partial charge on any atom is -0.439 e. The van der Waals surface area contributed by atoms with Crippen molar-refractivity contribution in [1.82, 2.24) is 15.2 Å². The highest BCUT2D eigenvalue weighted by atomic mass is 127. The molecule has 31 heavy (non-hydrogen) atoms. The molecule has 0 saturated carbocycles. The molecule has 8 heteroatoms. The van der Waals surface area contributed by atoms with Crippen molar-refractivity contribution in [2.45, 2.75) is 50.9 Å². The van der Waals surface area contributed by atoms with Crippen LogP contribution in [0.3, 0.4) is 0 Å². The first-order valence-electron chi connectivity index (χ1n) is 11.0. The molecule has 1 N–H and O–H groups in total. The highest BCUT2D eigenvalue weighted by Gasteiger charge is 2.24. The van der Waals surface area contributed by atoms with Crippen LogP contribution in [0.4, 0.5) is 0 Å². The number of aliphatic imine (C=N–C) groups is 1. The van der Waals surface area contributed by atoms with Gasteiger partial charge in [-0.25, -0.2) is 4.98 Å². The molecule has 0 bridgehead atoms. The fourth-order valence-corrected chi connectivity index (χ4v) is 4.03. The largest absolute Gasteiger partial charge is 0.439 e. The van der Waals surface area contributed by atoms with E-state index < -0.39 is 0 Å². The molecule has 0 amide bonds. The topological polar surface area (TPSA) is 72.1 Å². The van der Waals surface area contributed by atoms with Gasteiger partial charge in [-0.2, -0.15) is 0 Å². The van der Waals surface area contributed by atoms with E-state index in [1.165, 1.54) is 12.8 Å². The zero-order valence-corrected chi connectivity index (χ0v) is 20.5. The van der Waals surface area contributed by atoms with Gasteiger partial charge in [0.2, 0.25) is 5.89 Å². The number of nitrogens with zero attached hydrogens (tertiary/aromatic N) is 3. The molecule has 3 heterocycles. The number of ether oxygens (including phenoxy) is 2. The zero-order valence-electron chi connectivity index (χ0n) is 18.2. The van der Waals surface area contributed by atoms with Crippen LogP contribution in [0.1, 0.15) is 38.0 Å². The van der Waals surface area contributed by atoms with E-state index in [2.05, 4.69) is 20.2 Å². The van der Waals surface area contributed by atoms with Crippen molar-refractivity contribution in [3.05, 3.63) is 42.4 Å². The second-order valence-corrected chi connectivity index (χ2v) is 7.89. The van der Waals surface area contributed by atoms with Gasteiger partial charge in [-0.3, -0.25) is 4.99 Å². The molecule has 2 aliphatic rings. The number of aromatic nitrogens is 1. The maximum Gasteiger partial charge on any atom is 0.214 e. The van der Waals surface area contributed by atoms with E-state index in [-0.39, 0.29) is 30.1 Å². The Balaban J connectivity index is 0.00000272. The number of guanidine groups is 1. The molecule has 2 saturated heterocycles. The number of hydrogen-bond donors (Lipinski definition) is 1. The van der Waals surface area contributed by atoms with Crippen molar-refractivity contribution in [3.8, 4) is 11.3 Å². The molecule has 7 nitrogen and oxygen atoms in total. The van der Waals surface area contributed by atoms with Gasteiger partial charge in [0, 0.05) is 32.3 Å². The molecule has 0 radical (unpaired) electrons. The third-order valence-corrected chi connectivity index (χ3v) is 5.75. The summed E-state index contributed by atoms with van der Waals surface area (Å²) >= 11 is 0. The number of hydrogen-bond acceptors (Lipinski definition) is 5. The highest BCUT2D eigenvalue weighted by molar-refractivity contribution is 14.0. The Morgan fingerprint density at radius 2 is 2.00 bits per heavy atom. The van der Waals surface area contributed by atoms with Gasteiger partial charge in [0.25, 0.3) is 0 Å². The van der Waals surface area contributed by atoms with Gasteiger partial charge in [0.15, 0.2) is 11.7 Å². The Hall–Kier alpha value is -1.65. The standard InChI is InChI=1S/C23H32N4O3.HI/c1-24-23(26-16-22-25-15-21(30-22)18-7-3-2-4-8-18)27-12-10-19(11-13-27)29-17-20-9-5-6-14-28-20;/h2-4,7-8,15,19-20H,5-6,9-14,16-17H2,1H3,(H,24,26);1H. The minimum atomic E-state index is 0. The highest BCUT2D eigenvalue weighted by Crippen LogP contribution is 2.20. The molecule has 1 aromatic carbocycles. The minimum absolute atomic E-state index is 0. The van der Waals surface area contributed by atoms with Gasteiger partial charge in [-0.1, -0.05) is 30.3 Å². The van der Waals surface area contributed by atoms with Gasteiger partial charge in [-0.05, 0) is 32.1 Å². The lowest BCUT2D eigenvalue weighted by atomic mass is 10.1. The van der Waals surface area contributed by atoms with E-state index >= 15 is 0 Å². The van der Waals surface area contributed by atoms with Crippen molar-refractivity contribution in [2.24, 2.45) is 4.99 Å². The predicted octanol–water partition coefficient (Wildman–Crippen LogP) is 4.09. The number of likely N-dealkylation sites (tertiary alicyclic amines) is 1. The number of nitrogens with one attached hydrogen (secondary N) is 1. The molecule has 1 atom stereocenters. The van der Waals surface area contributed by atoms with Crippen molar-refractivity contribution in [2.75, 3.05) is 33.4 Å². The van der Waals surface area contributed by atoms with Crippen LogP contribution in [-0.2, 0) is 16.0 Å². The average molecular weight is 540 g/mol. The molecule has 0 aliphatic carbocycles. The van der Waals surface area contributed by atoms with Crippen molar-refractivity contribution in [1.29, 1.82) is 0 Å². The summed E-state index contributed by atoms with van der Waals surface area (Å²) in [5.41, 5.74) is 1.03. The molecule has 170 valence electrons. The molecule has 0 spiro atoms. The third kappa shape index (κ3) is 6.92. The van der Waals surface area contributed by atoms with Gasteiger partial charge >= 0.3 is 0 Å². The Morgan fingerprint density at radius 3 is 2.71 bits per heavy atom. The van der Waals surface area contributed by atoms with E-state index in [0.29, 0.717) is 18.5 Å². The maximum atomic E-state index is 6.12. The zero-order chi connectivity index (χ0) is 20.6. The fourth-order valence-electron chi connectivity index (χ4n) is 4.03. The van der Waals surface area contributed by atoms with E-state index in [1.807, 2.05) is 37.4 Å². The van der Waals surface area contributed by atoms with E-state index in [0.717, 1.165) is 62.8 Å².